The molecular weight excluding hydrogens is 302 g/mol. The number of halogens is 1. The van der Waals surface area contributed by atoms with E-state index in [1.807, 2.05) is 54.6 Å². The minimum atomic E-state index is -0.648. The van der Waals surface area contributed by atoms with Crippen molar-refractivity contribution in [1.82, 2.24) is 4.98 Å². The van der Waals surface area contributed by atoms with Crippen LogP contribution in [-0.2, 0) is 0 Å². The highest BCUT2D eigenvalue weighted by atomic mass is 79.9. The lowest BCUT2D eigenvalue weighted by atomic mass is 9.98. The molecular formula is C16H12BrNO. The van der Waals surface area contributed by atoms with E-state index in [2.05, 4.69) is 20.9 Å². The second kappa shape index (κ2) is 5.11. The lowest BCUT2D eigenvalue weighted by Crippen LogP contribution is -2.00. The van der Waals surface area contributed by atoms with Gasteiger partial charge in [-0.05, 0) is 35.4 Å². The number of hydrogen-bond donors (Lipinski definition) is 1. The fraction of sp³-hybridized carbons (Fsp3) is 0.0625. The molecule has 1 atom stereocenters. The van der Waals surface area contributed by atoms with E-state index in [4.69, 9.17) is 0 Å². The van der Waals surface area contributed by atoms with Gasteiger partial charge in [0.2, 0.25) is 0 Å². The van der Waals surface area contributed by atoms with Crippen LogP contribution in [0.25, 0.3) is 10.9 Å². The normalized spacial score (nSPS) is 12.5. The molecule has 94 valence electrons. The van der Waals surface area contributed by atoms with Gasteiger partial charge in [0.25, 0.3) is 0 Å². The van der Waals surface area contributed by atoms with E-state index in [0.717, 1.165) is 26.5 Å². The van der Waals surface area contributed by atoms with Crippen LogP contribution in [0.15, 0.2) is 65.3 Å². The van der Waals surface area contributed by atoms with Gasteiger partial charge >= 0.3 is 0 Å². The summed E-state index contributed by atoms with van der Waals surface area (Å²) in [6.45, 7) is 0. The molecule has 0 saturated heterocycles. The molecule has 3 aromatic rings. The van der Waals surface area contributed by atoms with Gasteiger partial charge in [0.15, 0.2) is 0 Å². The lowest BCUT2D eigenvalue weighted by molar-refractivity contribution is 0.222. The predicted octanol–water partition coefficient (Wildman–Crippen LogP) is 4.08. The molecule has 0 saturated carbocycles. The maximum absolute atomic E-state index is 10.6. The summed E-state index contributed by atoms with van der Waals surface area (Å²) < 4.78 is 0.961. The number of aliphatic hydroxyl groups excluding tert-OH is 1. The molecule has 1 unspecified atom stereocenters. The van der Waals surface area contributed by atoms with Crippen LogP contribution in [0.4, 0.5) is 0 Å². The summed E-state index contributed by atoms with van der Waals surface area (Å²) in [5.74, 6) is 0. The minimum absolute atomic E-state index is 0.648. The fourth-order valence-corrected chi connectivity index (χ4v) is 2.64. The maximum Gasteiger partial charge on any atom is 0.105 e. The zero-order valence-corrected chi connectivity index (χ0v) is 11.7. The number of benzene rings is 2. The fourth-order valence-electron chi connectivity index (χ4n) is 2.22. The van der Waals surface area contributed by atoms with Crippen LogP contribution >= 0.6 is 15.9 Å². The summed E-state index contributed by atoms with van der Waals surface area (Å²) in [6.07, 6.45) is 1.11. The van der Waals surface area contributed by atoms with Crippen LogP contribution in [0.1, 0.15) is 17.2 Å². The van der Waals surface area contributed by atoms with Crippen molar-refractivity contribution in [3.8, 4) is 0 Å². The minimum Gasteiger partial charge on any atom is -0.384 e. The molecule has 1 heterocycles. The van der Waals surface area contributed by atoms with Gasteiger partial charge in [-0.1, -0.05) is 46.3 Å². The van der Waals surface area contributed by atoms with E-state index in [-0.39, 0.29) is 0 Å². The van der Waals surface area contributed by atoms with Crippen LogP contribution in [-0.4, -0.2) is 10.1 Å². The zero-order chi connectivity index (χ0) is 13.2. The third-order valence-corrected chi connectivity index (χ3v) is 3.63. The van der Waals surface area contributed by atoms with E-state index in [1.54, 1.807) is 6.20 Å². The summed E-state index contributed by atoms with van der Waals surface area (Å²) in [6, 6.07) is 17.4. The molecule has 3 rings (SSSR count). The van der Waals surface area contributed by atoms with Crippen molar-refractivity contribution in [2.75, 3.05) is 0 Å². The number of hydrogen-bond acceptors (Lipinski definition) is 2. The molecule has 0 aliphatic heterocycles. The lowest BCUT2D eigenvalue weighted by Gasteiger charge is -2.14. The van der Waals surface area contributed by atoms with Crippen LogP contribution in [0.5, 0.6) is 0 Å². The van der Waals surface area contributed by atoms with Crippen molar-refractivity contribution in [1.29, 1.82) is 0 Å². The molecule has 0 spiro atoms. The number of fused-ring (bicyclic) bond motifs is 1. The summed E-state index contributed by atoms with van der Waals surface area (Å²) in [5.41, 5.74) is 2.64. The van der Waals surface area contributed by atoms with Crippen molar-refractivity contribution >= 4 is 26.8 Å². The number of aliphatic hydroxyl groups is 1. The number of aromatic nitrogens is 1. The standard InChI is InChI=1S/C16H12BrNO/c17-12-5-1-4-11(10-12)16(19)14-6-2-8-15-13(14)7-3-9-18-15/h1-10,16,19H. The smallest absolute Gasteiger partial charge is 0.105 e. The Balaban J connectivity index is 2.14. The van der Waals surface area contributed by atoms with Crippen molar-refractivity contribution in [2.45, 2.75) is 6.10 Å². The SMILES string of the molecule is OC(c1cccc(Br)c1)c1cccc2ncccc12. The quantitative estimate of drug-likeness (QED) is 0.773. The molecule has 2 aromatic carbocycles. The van der Waals surface area contributed by atoms with Crippen LogP contribution < -0.4 is 0 Å². The Bertz CT molecular complexity index is 721. The molecule has 0 bridgehead atoms. The maximum atomic E-state index is 10.6. The van der Waals surface area contributed by atoms with E-state index in [0.29, 0.717) is 0 Å². The molecule has 0 fully saturated rings. The van der Waals surface area contributed by atoms with Gasteiger partial charge in [-0.2, -0.15) is 0 Å². The highest BCUT2D eigenvalue weighted by molar-refractivity contribution is 9.10. The average Bonchev–Trinajstić information content (AvgIpc) is 2.46. The Kier molecular flexibility index (Phi) is 3.32. The highest BCUT2D eigenvalue weighted by Gasteiger charge is 2.13. The molecule has 0 radical (unpaired) electrons. The van der Waals surface area contributed by atoms with Crippen LogP contribution in [0.3, 0.4) is 0 Å². The van der Waals surface area contributed by atoms with Gasteiger partial charge < -0.3 is 5.11 Å². The van der Waals surface area contributed by atoms with Gasteiger partial charge in [-0.3, -0.25) is 4.98 Å². The molecule has 0 aliphatic carbocycles. The van der Waals surface area contributed by atoms with Gasteiger partial charge in [-0.15, -0.1) is 0 Å². The van der Waals surface area contributed by atoms with E-state index in [1.165, 1.54) is 0 Å². The van der Waals surface area contributed by atoms with E-state index >= 15 is 0 Å². The Morgan fingerprint density at radius 1 is 1.00 bits per heavy atom. The van der Waals surface area contributed by atoms with E-state index in [9.17, 15) is 5.11 Å². The third-order valence-electron chi connectivity index (χ3n) is 3.14. The van der Waals surface area contributed by atoms with Crippen LogP contribution in [0, 0.1) is 0 Å². The topological polar surface area (TPSA) is 33.1 Å². The van der Waals surface area contributed by atoms with Crippen molar-refractivity contribution in [3.63, 3.8) is 0 Å². The first-order chi connectivity index (χ1) is 9.25. The summed E-state index contributed by atoms with van der Waals surface area (Å²) >= 11 is 3.43. The van der Waals surface area contributed by atoms with Crippen molar-refractivity contribution < 1.29 is 5.11 Å². The highest BCUT2D eigenvalue weighted by Crippen LogP contribution is 2.29. The average molecular weight is 314 g/mol. The molecule has 3 heteroatoms. The molecule has 19 heavy (non-hydrogen) atoms. The van der Waals surface area contributed by atoms with Crippen LogP contribution in [0.2, 0.25) is 0 Å². The first-order valence-electron chi connectivity index (χ1n) is 6.03. The Hall–Kier alpha value is -1.71. The zero-order valence-electron chi connectivity index (χ0n) is 10.1. The predicted molar refractivity (Wildman–Crippen MR) is 79.9 cm³/mol. The van der Waals surface area contributed by atoms with Gasteiger partial charge in [0.1, 0.15) is 6.10 Å². The van der Waals surface area contributed by atoms with Crippen molar-refractivity contribution in [3.05, 3.63) is 76.4 Å². The Morgan fingerprint density at radius 3 is 2.68 bits per heavy atom. The summed E-state index contributed by atoms with van der Waals surface area (Å²) in [4.78, 5) is 4.32. The van der Waals surface area contributed by atoms with Gasteiger partial charge in [0, 0.05) is 16.1 Å². The number of rotatable bonds is 2. The summed E-state index contributed by atoms with van der Waals surface area (Å²) in [5, 5.41) is 11.5. The molecule has 0 aliphatic rings. The second-order valence-corrected chi connectivity index (χ2v) is 5.29. The monoisotopic (exact) mass is 313 g/mol. The first kappa shape index (κ1) is 12.3. The Labute approximate surface area is 119 Å². The second-order valence-electron chi connectivity index (χ2n) is 4.37. The Morgan fingerprint density at radius 2 is 1.84 bits per heavy atom. The van der Waals surface area contributed by atoms with Crippen molar-refractivity contribution in [2.24, 2.45) is 0 Å². The van der Waals surface area contributed by atoms with E-state index < -0.39 is 6.10 Å². The first-order valence-corrected chi connectivity index (χ1v) is 6.82. The number of pyridine rings is 1. The molecule has 0 amide bonds. The largest absolute Gasteiger partial charge is 0.384 e. The molecule has 2 nitrogen and oxygen atoms in total. The third kappa shape index (κ3) is 2.39. The molecule has 1 aromatic heterocycles. The summed E-state index contributed by atoms with van der Waals surface area (Å²) in [7, 11) is 0. The number of nitrogens with zero attached hydrogens (tertiary/aromatic N) is 1. The van der Waals surface area contributed by atoms with Gasteiger partial charge in [-0.25, -0.2) is 0 Å². The van der Waals surface area contributed by atoms with Gasteiger partial charge in [0.05, 0.1) is 5.52 Å². The molecule has 1 N–H and O–H groups in total.